The van der Waals surface area contributed by atoms with Gasteiger partial charge < -0.3 is 13.6 Å². The summed E-state index contributed by atoms with van der Waals surface area (Å²) in [5.41, 5.74) is 1.10. The molecule has 0 aromatic heterocycles. The molecule has 9 heteroatoms. The summed E-state index contributed by atoms with van der Waals surface area (Å²) >= 11 is 0. The summed E-state index contributed by atoms with van der Waals surface area (Å²) in [6.07, 6.45) is 23.4. The van der Waals surface area contributed by atoms with Crippen LogP contribution in [0.25, 0.3) is 0 Å². The highest BCUT2D eigenvalue weighted by Crippen LogP contribution is 2.56. The highest BCUT2D eigenvalue weighted by atomic mass is 32.4. The summed E-state index contributed by atoms with van der Waals surface area (Å²) in [4.78, 5) is 0. The number of benzene rings is 1. The predicted octanol–water partition coefficient (Wildman–Crippen LogP) is 9.66. The van der Waals surface area contributed by atoms with Crippen LogP contribution in [0, 0.1) is 0 Å². The van der Waals surface area contributed by atoms with Crippen LogP contribution in [0.1, 0.15) is 51.7 Å². The molecule has 0 radical (unpaired) electrons. The van der Waals surface area contributed by atoms with Gasteiger partial charge in [-0.25, -0.2) is 0 Å². The van der Waals surface area contributed by atoms with Crippen molar-refractivity contribution in [2.24, 2.45) is 0 Å². The molecule has 0 N–H and O–H groups in total. The van der Waals surface area contributed by atoms with E-state index >= 15 is 0 Å². The Morgan fingerprint density at radius 1 is 0.941 bits per heavy atom. The van der Waals surface area contributed by atoms with Gasteiger partial charge in [0.15, 0.2) is 0 Å². The molecule has 190 valence electrons. The largest absolute Gasteiger partial charge is 0.358 e. The van der Waals surface area contributed by atoms with Gasteiger partial charge in [0.2, 0.25) is 0 Å². The molecule has 0 spiro atoms. The topological polar surface area (TPSA) is 27.7 Å². The van der Waals surface area contributed by atoms with E-state index in [-0.39, 0.29) is 18.3 Å². The molecule has 34 heavy (non-hydrogen) atoms. The first-order chi connectivity index (χ1) is 16.6. The van der Waals surface area contributed by atoms with E-state index in [1.54, 1.807) is 0 Å². The average Bonchev–Trinajstić information content (AvgIpc) is 2.86. The summed E-state index contributed by atoms with van der Waals surface area (Å²) in [5.74, 6) is 0. The Hall–Kier alpha value is 0.380. The third-order valence-corrected chi connectivity index (χ3v) is 6.58. The zero-order valence-corrected chi connectivity index (χ0v) is 27.0. The van der Waals surface area contributed by atoms with E-state index in [0.29, 0.717) is 8.50 Å². The predicted molar refractivity (Wildman–Crippen MR) is 171 cm³/mol. The number of allylic oxidation sites excluding steroid dienone is 7. The van der Waals surface area contributed by atoms with Gasteiger partial charge in [-0.15, -0.1) is 0 Å². The van der Waals surface area contributed by atoms with Crippen LogP contribution in [-0.4, -0.2) is 12.2 Å². The van der Waals surface area contributed by atoms with E-state index in [1.165, 1.54) is 6.42 Å². The van der Waals surface area contributed by atoms with Crippen LogP contribution in [0.3, 0.4) is 0 Å². The van der Waals surface area contributed by atoms with Gasteiger partial charge >= 0.3 is 0 Å². The van der Waals surface area contributed by atoms with E-state index in [0.717, 1.165) is 18.4 Å². The second kappa shape index (κ2) is 25.0. The molecular weight excluding hydrogens is 534 g/mol. The standard InChI is InChI=1S/C23H36O3P6.C2H6/c1-2-3-4-12-17-21(24-27)18-13-7-5-6-8-14-19-22(26-32(29)30)23(25-31-28)20-15-10-9-11-16-20;1-2/h4-16,18-19,21-23,31H,2-3,17,27-30H2,1H3;1-2H3/b7-5-,8-6+,12-4-,18-13+,19-14+;. The molecule has 0 saturated heterocycles. The second-order valence-corrected chi connectivity index (χ2v) is 13.9. The highest BCUT2D eigenvalue weighted by Gasteiger charge is 2.23. The minimum Gasteiger partial charge on any atom is -0.358 e. The first-order valence-electron chi connectivity index (χ1n) is 11.4. The first-order valence-corrected chi connectivity index (χ1v) is 19.1. The average molecular weight is 576 g/mol. The van der Waals surface area contributed by atoms with Crippen molar-refractivity contribution in [2.45, 2.75) is 58.3 Å². The Balaban J connectivity index is 0.00000529. The molecule has 0 aliphatic heterocycles. The maximum atomic E-state index is 6.14. The second-order valence-electron chi connectivity index (χ2n) is 6.71. The molecule has 0 heterocycles. The summed E-state index contributed by atoms with van der Waals surface area (Å²) in [6.45, 7) is 6.18. The molecule has 0 bridgehead atoms. The maximum absolute atomic E-state index is 6.14. The molecule has 0 fully saturated rings. The number of rotatable bonds is 16. The fourth-order valence-corrected chi connectivity index (χ4v) is 5.05. The molecule has 0 amide bonds. The molecule has 8 atom stereocenters. The zero-order chi connectivity index (χ0) is 25.4. The van der Waals surface area contributed by atoms with Crippen molar-refractivity contribution in [3.63, 3.8) is 0 Å². The Labute approximate surface area is 220 Å². The van der Waals surface area contributed by atoms with Gasteiger partial charge in [0.25, 0.3) is 0 Å². The van der Waals surface area contributed by atoms with Crippen LogP contribution >= 0.6 is 52.3 Å². The minimum absolute atomic E-state index is 0.0700. The van der Waals surface area contributed by atoms with Crippen molar-refractivity contribution in [3.8, 4) is 0 Å². The summed E-state index contributed by atoms with van der Waals surface area (Å²) < 4.78 is 17.6. The van der Waals surface area contributed by atoms with Crippen molar-refractivity contribution in [3.05, 3.63) is 96.7 Å². The Morgan fingerprint density at radius 2 is 1.56 bits per heavy atom. The van der Waals surface area contributed by atoms with Crippen LogP contribution in [0.4, 0.5) is 0 Å². The molecule has 0 aliphatic carbocycles. The lowest BCUT2D eigenvalue weighted by molar-refractivity contribution is 0.112. The lowest BCUT2D eigenvalue weighted by atomic mass is 10.0. The molecular formula is C25H42O3P6. The van der Waals surface area contributed by atoms with E-state index in [9.17, 15) is 0 Å². The maximum Gasteiger partial charge on any atom is 0.117 e. The molecule has 8 unspecified atom stereocenters. The molecule has 1 aromatic rings. The smallest absolute Gasteiger partial charge is 0.117 e. The van der Waals surface area contributed by atoms with Gasteiger partial charge in [-0.3, -0.25) is 0 Å². The highest BCUT2D eigenvalue weighted by molar-refractivity contribution is 8.41. The van der Waals surface area contributed by atoms with E-state index in [1.807, 2.05) is 74.6 Å². The fourth-order valence-electron chi connectivity index (χ4n) is 2.69. The van der Waals surface area contributed by atoms with Gasteiger partial charge in [0.1, 0.15) is 12.2 Å². The van der Waals surface area contributed by atoms with Crippen molar-refractivity contribution >= 4 is 52.3 Å². The lowest BCUT2D eigenvalue weighted by Gasteiger charge is -2.26. The van der Waals surface area contributed by atoms with Gasteiger partial charge in [0, 0.05) is 18.0 Å². The third-order valence-electron chi connectivity index (χ3n) is 4.21. The number of unbranched alkanes of at least 4 members (excludes halogenated alkanes) is 1. The van der Waals surface area contributed by atoms with Crippen LogP contribution in [0.2, 0.25) is 0 Å². The Bertz CT molecular complexity index is 735. The Kier molecular flexibility index (Phi) is 25.3. The molecule has 0 aliphatic rings. The SMILES string of the molecule is CC.CCC/C=C\CC(/C=C/C=C\C=C\C=C\C(OP(P)P)C(OPP)c1ccccc1)OP. The third kappa shape index (κ3) is 17.8. The number of hydrogen-bond donors (Lipinski definition) is 0. The van der Waals surface area contributed by atoms with Crippen LogP contribution < -0.4 is 0 Å². The Morgan fingerprint density at radius 3 is 2.12 bits per heavy atom. The summed E-state index contributed by atoms with van der Waals surface area (Å²) in [6, 6.07) is 10.2. The van der Waals surface area contributed by atoms with Gasteiger partial charge in [-0.1, -0.05) is 145 Å². The van der Waals surface area contributed by atoms with Gasteiger partial charge in [-0.2, -0.15) is 0 Å². The van der Waals surface area contributed by atoms with E-state index < -0.39 is 7.53 Å². The van der Waals surface area contributed by atoms with Crippen molar-refractivity contribution in [1.29, 1.82) is 0 Å². The first kappa shape index (κ1) is 34.4. The lowest BCUT2D eigenvalue weighted by Crippen LogP contribution is -2.18. The van der Waals surface area contributed by atoms with Crippen molar-refractivity contribution in [2.75, 3.05) is 0 Å². The zero-order valence-electron chi connectivity index (χ0n) is 20.5. The van der Waals surface area contributed by atoms with Gasteiger partial charge in [0.05, 0.1) is 13.6 Å². The quantitative estimate of drug-likeness (QED) is 0.111. The number of hydrogen-bond acceptors (Lipinski definition) is 3. The van der Waals surface area contributed by atoms with Crippen molar-refractivity contribution < 1.29 is 13.6 Å². The minimum atomic E-state index is -0.688. The van der Waals surface area contributed by atoms with Crippen molar-refractivity contribution in [1.82, 2.24) is 0 Å². The van der Waals surface area contributed by atoms with E-state index in [2.05, 4.69) is 73.5 Å². The summed E-state index contributed by atoms with van der Waals surface area (Å²) in [7, 11) is 10.0. The molecule has 0 saturated carbocycles. The monoisotopic (exact) mass is 576 g/mol. The van der Waals surface area contributed by atoms with Crippen LogP contribution in [0.15, 0.2) is 91.1 Å². The normalized spacial score (nSPS) is 15.4. The summed E-state index contributed by atoms with van der Waals surface area (Å²) in [5, 5.41) is 0. The fraction of sp³-hybridized carbons (Fsp3) is 0.360. The van der Waals surface area contributed by atoms with Crippen LogP contribution in [0.5, 0.6) is 0 Å². The van der Waals surface area contributed by atoms with E-state index in [4.69, 9.17) is 13.6 Å². The molecule has 1 rings (SSSR count). The molecule has 1 aromatic carbocycles. The van der Waals surface area contributed by atoms with Crippen LogP contribution in [-0.2, 0) is 13.6 Å². The van der Waals surface area contributed by atoms with Gasteiger partial charge in [-0.05, 0) is 18.4 Å². The molecule has 3 nitrogen and oxygen atoms in total.